The number of rotatable bonds is 5. The molecule has 0 radical (unpaired) electrons. The summed E-state index contributed by atoms with van der Waals surface area (Å²) in [7, 11) is 0. The molecule has 1 aromatic rings. The van der Waals surface area contributed by atoms with Crippen LogP contribution < -0.4 is 0 Å². The molecule has 0 aliphatic carbocycles. The second-order valence-electron chi connectivity index (χ2n) is 5.21. The van der Waals surface area contributed by atoms with Crippen molar-refractivity contribution in [2.75, 3.05) is 13.1 Å². The lowest BCUT2D eigenvalue weighted by atomic mass is 9.99. The highest BCUT2D eigenvalue weighted by atomic mass is 16.4. The minimum Gasteiger partial charge on any atom is -0.481 e. The fourth-order valence-electron chi connectivity index (χ4n) is 2.29. The van der Waals surface area contributed by atoms with Gasteiger partial charge in [0.05, 0.1) is 13.0 Å². The number of nitrogens with zero attached hydrogens (tertiary/aromatic N) is 2. The summed E-state index contributed by atoms with van der Waals surface area (Å²) in [6, 6.07) is 0. The van der Waals surface area contributed by atoms with E-state index in [9.17, 15) is 4.79 Å². The molecule has 100 valence electrons. The molecule has 1 saturated heterocycles. The van der Waals surface area contributed by atoms with Crippen molar-refractivity contribution in [2.45, 2.75) is 39.2 Å². The number of carboxylic acid groups (broad SMARTS) is 1. The Kier molecular flexibility index (Phi) is 4.36. The molecular weight excluding hydrogens is 230 g/mol. The molecule has 2 N–H and O–H groups in total. The Balaban J connectivity index is 1.81. The van der Waals surface area contributed by atoms with Crippen LogP contribution in [0, 0.1) is 5.92 Å². The van der Waals surface area contributed by atoms with Crippen molar-refractivity contribution in [1.82, 2.24) is 14.9 Å². The second kappa shape index (κ2) is 6.00. The predicted octanol–water partition coefficient (Wildman–Crippen LogP) is 1.66. The average molecular weight is 251 g/mol. The molecule has 0 bridgehead atoms. The fraction of sp³-hybridized carbons (Fsp3) is 0.692. The maximum absolute atomic E-state index is 10.5. The van der Waals surface area contributed by atoms with Crippen LogP contribution in [0.4, 0.5) is 0 Å². The number of carbonyl (C=O) groups is 1. The Morgan fingerprint density at radius 2 is 2.28 bits per heavy atom. The molecule has 5 nitrogen and oxygen atoms in total. The Morgan fingerprint density at radius 3 is 2.94 bits per heavy atom. The number of aromatic amines is 1. The van der Waals surface area contributed by atoms with Crippen LogP contribution in [0.25, 0.3) is 0 Å². The summed E-state index contributed by atoms with van der Waals surface area (Å²) >= 11 is 0. The van der Waals surface area contributed by atoms with Crippen LogP contribution in [-0.2, 0) is 17.8 Å². The van der Waals surface area contributed by atoms with Gasteiger partial charge in [-0.1, -0.05) is 6.92 Å². The van der Waals surface area contributed by atoms with Crippen LogP contribution >= 0.6 is 0 Å². The number of aryl methyl sites for hydroxylation is 1. The molecule has 0 saturated carbocycles. The number of H-pyrrole nitrogens is 1. The van der Waals surface area contributed by atoms with Crippen LogP contribution in [0.2, 0.25) is 0 Å². The molecule has 5 heteroatoms. The highest BCUT2D eigenvalue weighted by Crippen LogP contribution is 2.17. The molecule has 18 heavy (non-hydrogen) atoms. The van der Waals surface area contributed by atoms with E-state index in [0.717, 1.165) is 37.1 Å². The monoisotopic (exact) mass is 251 g/mol. The van der Waals surface area contributed by atoms with Gasteiger partial charge in [0.25, 0.3) is 0 Å². The summed E-state index contributed by atoms with van der Waals surface area (Å²) in [6.07, 6.45) is 4.95. The highest BCUT2D eigenvalue weighted by molar-refractivity contribution is 5.66. The van der Waals surface area contributed by atoms with E-state index in [1.165, 1.54) is 12.8 Å². The van der Waals surface area contributed by atoms with Crippen LogP contribution in [-0.4, -0.2) is 39.0 Å². The molecule has 1 aromatic heterocycles. The predicted molar refractivity (Wildman–Crippen MR) is 68.2 cm³/mol. The number of carboxylic acids is 1. The number of imidazole rings is 1. The van der Waals surface area contributed by atoms with Crippen molar-refractivity contribution >= 4 is 5.97 Å². The summed E-state index contributed by atoms with van der Waals surface area (Å²) in [5.41, 5.74) is 0.915. The van der Waals surface area contributed by atoms with Gasteiger partial charge in [-0.05, 0) is 38.3 Å². The van der Waals surface area contributed by atoms with Gasteiger partial charge < -0.3 is 10.1 Å². The summed E-state index contributed by atoms with van der Waals surface area (Å²) < 4.78 is 0. The van der Waals surface area contributed by atoms with Crippen molar-refractivity contribution in [1.29, 1.82) is 0 Å². The van der Waals surface area contributed by atoms with Gasteiger partial charge in [-0.25, -0.2) is 4.98 Å². The molecule has 0 unspecified atom stereocenters. The van der Waals surface area contributed by atoms with Gasteiger partial charge >= 0.3 is 5.97 Å². The minimum atomic E-state index is -0.767. The SMILES string of the molecule is CC1CCN(Cc2ncc(CCC(=O)O)[nH]2)CC1. The van der Waals surface area contributed by atoms with Gasteiger partial charge in [0, 0.05) is 11.9 Å². The van der Waals surface area contributed by atoms with E-state index in [1.807, 2.05) is 0 Å². The Hall–Kier alpha value is -1.36. The zero-order valence-electron chi connectivity index (χ0n) is 10.9. The zero-order valence-corrected chi connectivity index (χ0v) is 10.9. The van der Waals surface area contributed by atoms with Gasteiger partial charge in [-0.15, -0.1) is 0 Å². The van der Waals surface area contributed by atoms with Crippen molar-refractivity contribution in [3.63, 3.8) is 0 Å². The third kappa shape index (κ3) is 3.84. The number of piperidine rings is 1. The maximum atomic E-state index is 10.5. The average Bonchev–Trinajstić information content (AvgIpc) is 2.77. The van der Waals surface area contributed by atoms with E-state index in [4.69, 9.17) is 5.11 Å². The summed E-state index contributed by atoms with van der Waals surface area (Å²) in [5, 5.41) is 8.62. The van der Waals surface area contributed by atoms with Crippen LogP contribution in [0.3, 0.4) is 0 Å². The Morgan fingerprint density at radius 1 is 1.56 bits per heavy atom. The third-order valence-corrected chi connectivity index (χ3v) is 3.54. The Labute approximate surface area is 107 Å². The van der Waals surface area contributed by atoms with Crippen molar-refractivity contribution < 1.29 is 9.90 Å². The summed E-state index contributed by atoms with van der Waals surface area (Å²) in [5.74, 6) is 1.02. The number of hydrogen-bond acceptors (Lipinski definition) is 3. The van der Waals surface area contributed by atoms with Gasteiger partial charge in [0.15, 0.2) is 0 Å². The lowest BCUT2D eigenvalue weighted by Crippen LogP contribution is -2.32. The molecule has 1 aliphatic heterocycles. The normalized spacial score (nSPS) is 18.1. The van der Waals surface area contributed by atoms with Crippen LogP contribution in [0.1, 0.15) is 37.7 Å². The molecule has 0 amide bonds. The molecule has 0 atom stereocenters. The van der Waals surface area contributed by atoms with E-state index in [-0.39, 0.29) is 6.42 Å². The van der Waals surface area contributed by atoms with Crippen molar-refractivity contribution in [3.05, 3.63) is 17.7 Å². The first-order chi connectivity index (χ1) is 8.63. The largest absolute Gasteiger partial charge is 0.481 e. The van der Waals surface area contributed by atoms with E-state index in [1.54, 1.807) is 6.20 Å². The van der Waals surface area contributed by atoms with Crippen molar-refractivity contribution in [2.24, 2.45) is 5.92 Å². The molecule has 0 aromatic carbocycles. The van der Waals surface area contributed by atoms with Gasteiger partial charge in [0.2, 0.25) is 0 Å². The van der Waals surface area contributed by atoms with E-state index in [2.05, 4.69) is 21.8 Å². The standard InChI is InChI=1S/C13H21N3O2/c1-10-4-6-16(7-5-10)9-12-14-8-11(15-12)2-3-13(17)18/h8,10H,2-7,9H2,1H3,(H,14,15)(H,17,18). The van der Waals surface area contributed by atoms with Gasteiger partial charge in [-0.3, -0.25) is 9.69 Å². The zero-order chi connectivity index (χ0) is 13.0. The maximum Gasteiger partial charge on any atom is 0.303 e. The molecule has 2 heterocycles. The smallest absolute Gasteiger partial charge is 0.303 e. The Bertz CT molecular complexity index is 395. The number of hydrogen-bond donors (Lipinski definition) is 2. The van der Waals surface area contributed by atoms with Crippen LogP contribution in [0.5, 0.6) is 0 Å². The van der Waals surface area contributed by atoms with Gasteiger partial charge in [-0.2, -0.15) is 0 Å². The number of nitrogens with one attached hydrogen (secondary N) is 1. The summed E-state index contributed by atoms with van der Waals surface area (Å²) in [4.78, 5) is 20.4. The lowest BCUT2D eigenvalue weighted by molar-refractivity contribution is -0.136. The van der Waals surface area contributed by atoms with E-state index >= 15 is 0 Å². The summed E-state index contributed by atoms with van der Waals surface area (Å²) in [6.45, 7) is 5.41. The first-order valence-corrected chi connectivity index (χ1v) is 6.60. The molecular formula is C13H21N3O2. The first-order valence-electron chi connectivity index (χ1n) is 6.60. The third-order valence-electron chi connectivity index (χ3n) is 3.54. The van der Waals surface area contributed by atoms with E-state index in [0.29, 0.717) is 6.42 Å². The van der Waals surface area contributed by atoms with E-state index < -0.39 is 5.97 Å². The van der Waals surface area contributed by atoms with Crippen molar-refractivity contribution in [3.8, 4) is 0 Å². The van der Waals surface area contributed by atoms with Gasteiger partial charge in [0.1, 0.15) is 5.82 Å². The number of aliphatic carboxylic acids is 1. The fourth-order valence-corrected chi connectivity index (χ4v) is 2.29. The quantitative estimate of drug-likeness (QED) is 0.835. The number of likely N-dealkylation sites (tertiary alicyclic amines) is 1. The molecule has 2 rings (SSSR count). The minimum absolute atomic E-state index is 0.156. The lowest BCUT2D eigenvalue weighted by Gasteiger charge is -2.29. The molecule has 0 spiro atoms. The van der Waals surface area contributed by atoms with Crippen LogP contribution in [0.15, 0.2) is 6.20 Å². The topological polar surface area (TPSA) is 69.2 Å². The first kappa shape index (κ1) is 13.1. The second-order valence-corrected chi connectivity index (χ2v) is 5.21. The molecule has 1 fully saturated rings. The highest BCUT2D eigenvalue weighted by Gasteiger charge is 2.16. The molecule has 1 aliphatic rings. The number of aromatic nitrogens is 2.